The van der Waals surface area contributed by atoms with Gasteiger partial charge in [-0.1, -0.05) is 18.2 Å². The van der Waals surface area contributed by atoms with Gasteiger partial charge in [0.2, 0.25) is 0 Å². The predicted octanol–water partition coefficient (Wildman–Crippen LogP) is 1.77. The monoisotopic (exact) mass is 470 g/mol. The smallest absolute Gasteiger partial charge is 0.459 e. The molecule has 2 heterocycles. The molecule has 168 valence electrons. The van der Waals surface area contributed by atoms with Crippen molar-refractivity contribution in [3.05, 3.63) is 53.1 Å². The van der Waals surface area contributed by atoms with Crippen LogP contribution in [0.2, 0.25) is 0 Å². The summed E-state index contributed by atoms with van der Waals surface area (Å²) >= 11 is 1.37. The Morgan fingerprint density at radius 2 is 2.16 bits per heavy atom. The first-order chi connectivity index (χ1) is 14.8. The molecule has 31 heavy (non-hydrogen) atoms. The van der Waals surface area contributed by atoms with Crippen LogP contribution in [0, 0.1) is 0 Å². The maximum atomic E-state index is 13.3. The van der Waals surface area contributed by atoms with Crippen LogP contribution >= 0.6 is 19.5 Å². The first kappa shape index (κ1) is 23.3. The molecule has 11 nitrogen and oxygen atoms in total. The van der Waals surface area contributed by atoms with Gasteiger partial charge in [-0.2, -0.15) is 10.1 Å². The van der Waals surface area contributed by atoms with E-state index in [-0.39, 0.29) is 12.4 Å². The molecule has 3 N–H and O–H groups in total. The van der Waals surface area contributed by atoms with Gasteiger partial charge in [-0.15, -0.1) is 11.8 Å². The molecule has 2 aromatic rings. The van der Waals surface area contributed by atoms with E-state index in [1.54, 1.807) is 30.3 Å². The number of nitrogens with one attached hydrogen (secondary N) is 1. The molecule has 13 heteroatoms. The average molecular weight is 470 g/mol. The van der Waals surface area contributed by atoms with Gasteiger partial charge < -0.3 is 19.7 Å². The summed E-state index contributed by atoms with van der Waals surface area (Å²) < 4.78 is 36.2. The molecule has 0 saturated carbocycles. The maximum absolute atomic E-state index is 13.3. The van der Waals surface area contributed by atoms with E-state index < -0.39 is 37.1 Å². The van der Waals surface area contributed by atoms with Crippen LogP contribution in [-0.2, 0) is 23.4 Å². The molecule has 0 radical (unpaired) electrons. The summed E-state index contributed by atoms with van der Waals surface area (Å²) in [5.41, 5.74) is 4.45. The molecule has 1 aliphatic heterocycles. The third kappa shape index (κ3) is 6.31. The third-order valence-electron chi connectivity index (χ3n) is 4.15. The van der Waals surface area contributed by atoms with Gasteiger partial charge in [-0.3, -0.25) is 13.9 Å². The highest BCUT2D eigenvalue weighted by atomic mass is 32.2. The number of carbonyl (C=O) groups excluding carboxylic acids is 1. The molecule has 1 fully saturated rings. The number of anilines is 1. The lowest BCUT2D eigenvalue weighted by molar-refractivity contribution is -0.142. The predicted molar refractivity (Wildman–Crippen MR) is 115 cm³/mol. The Balaban J connectivity index is 1.66. The van der Waals surface area contributed by atoms with Gasteiger partial charge in [0.1, 0.15) is 29.3 Å². The van der Waals surface area contributed by atoms with E-state index >= 15 is 0 Å². The Bertz CT molecular complexity index is 1010. The van der Waals surface area contributed by atoms with Crippen molar-refractivity contribution < 1.29 is 27.9 Å². The second kappa shape index (κ2) is 10.3. The van der Waals surface area contributed by atoms with Crippen molar-refractivity contribution in [3.8, 4) is 5.75 Å². The summed E-state index contributed by atoms with van der Waals surface area (Å²) in [7, 11) is -2.74. The van der Waals surface area contributed by atoms with Crippen LogP contribution in [0.3, 0.4) is 0 Å². The van der Waals surface area contributed by atoms with Gasteiger partial charge in [0.15, 0.2) is 0 Å². The van der Waals surface area contributed by atoms with Crippen LogP contribution in [0.25, 0.3) is 0 Å². The number of carbonyl (C=O) groups is 1. The van der Waals surface area contributed by atoms with Crippen LogP contribution in [0.15, 0.2) is 47.4 Å². The summed E-state index contributed by atoms with van der Waals surface area (Å²) in [6.45, 7) is 1.36. The standard InChI is InChI=1S/C18H23N4O7PS/c1-12(17(23)26-2)21-30(25,29-13-6-4-3-5-7-13)27-10-16-28-15(11-31-16)22-9-8-14(19)20-18(22)24/h3-9,12,15-16H,10-11H2,1-2H3,(H,21,25)(H2,19,20,24)/t12?,15-,16+,30?/m1/s1. The third-order valence-corrected chi connectivity index (χ3v) is 6.89. The second-order valence-electron chi connectivity index (χ2n) is 6.47. The van der Waals surface area contributed by atoms with Gasteiger partial charge in [0, 0.05) is 11.9 Å². The molecule has 3 rings (SSSR count). The van der Waals surface area contributed by atoms with Gasteiger partial charge in [-0.05, 0) is 25.1 Å². The van der Waals surface area contributed by atoms with E-state index in [0.717, 1.165) is 0 Å². The Hall–Kier alpha value is -2.37. The molecule has 1 aromatic carbocycles. The van der Waals surface area contributed by atoms with Gasteiger partial charge in [-0.25, -0.2) is 9.36 Å². The first-order valence-corrected chi connectivity index (χ1v) is 11.9. The fourth-order valence-electron chi connectivity index (χ4n) is 2.66. The number of hydrogen-bond acceptors (Lipinski definition) is 10. The zero-order valence-electron chi connectivity index (χ0n) is 16.9. The molecule has 0 aliphatic carbocycles. The van der Waals surface area contributed by atoms with Crippen molar-refractivity contribution in [2.45, 2.75) is 24.6 Å². The van der Waals surface area contributed by atoms with E-state index in [1.807, 2.05) is 0 Å². The Kier molecular flexibility index (Phi) is 7.74. The van der Waals surface area contributed by atoms with Gasteiger partial charge >= 0.3 is 19.4 Å². The highest BCUT2D eigenvalue weighted by Crippen LogP contribution is 2.46. The number of nitrogen functional groups attached to an aromatic ring is 1. The number of nitrogens with zero attached hydrogens (tertiary/aromatic N) is 2. The van der Waals surface area contributed by atoms with Crippen molar-refractivity contribution >= 4 is 31.3 Å². The van der Waals surface area contributed by atoms with E-state index in [2.05, 4.69) is 14.8 Å². The molecule has 0 spiro atoms. The minimum atomic E-state index is -3.97. The molecule has 4 atom stereocenters. The minimum absolute atomic E-state index is 0.122. The molecule has 0 bridgehead atoms. The number of aromatic nitrogens is 2. The molecule has 2 unspecified atom stereocenters. The Morgan fingerprint density at radius 3 is 2.84 bits per heavy atom. The first-order valence-electron chi connectivity index (χ1n) is 9.26. The van der Waals surface area contributed by atoms with Gasteiger partial charge in [0.05, 0.1) is 13.7 Å². The van der Waals surface area contributed by atoms with E-state index in [9.17, 15) is 14.2 Å². The van der Waals surface area contributed by atoms with Crippen molar-refractivity contribution in [2.24, 2.45) is 0 Å². The number of nitrogens with two attached hydrogens (primary N) is 1. The number of benzene rings is 1. The quantitative estimate of drug-likeness (QED) is 0.409. The fourth-order valence-corrected chi connectivity index (χ4v) is 5.24. The van der Waals surface area contributed by atoms with Crippen molar-refractivity contribution in [1.29, 1.82) is 0 Å². The van der Waals surface area contributed by atoms with E-state index in [0.29, 0.717) is 11.5 Å². The summed E-state index contributed by atoms with van der Waals surface area (Å²) in [6, 6.07) is 8.98. The van der Waals surface area contributed by atoms with E-state index in [4.69, 9.17) is 19.5 Å². The van der Waals surface area contributed by atoms with Crippen molar-refractivity contribution in [3.63, 3.8) is 0 Å². The Labute approximate surface area is 182 Å². The molecule has 0 amide bonds. The lowest BCUT2D eigenvalue weighted by Crippen LogP contribution is -2.35. The van der Waals surface area contributed by atoms with Crippen molar-refractivity contribution in [2.75, 3.05) is 25.2 Å². The molecular weight excluding hydrogens is 447 g/mol. The number of rotatable bonds is 9. The number of esters is 1. The summed E-state index contributed by atoms with van der Waals surface area (Å²) in [4.78, 5) is 27.4. The molecule has 1 aromatic heterocycles. The summed E-state index contributed by atoms with van der Waals surface area (Å²) in [5, 5.41) is 2.57. The summed E-state index contributed by atoms with van der Waals surface area (Å²) in [6.07, 6.45) is 0.929. The number of hydrogen-bond donors (Lipinski definition) is 2. The average Bonchev–Trinajstić information content (AvgIpc) is 3.21. The topological polar surface area (TPSA) is 144 Å². The lowest BCUT2D eigenvalue weighted by atomic mass is 10.3. The number of thioether (sulfide) groups is 1. The maximum Gasteiger partial charge on any atom is 0.459 e. The number of methoxy groups -OCH3 is 1. The molecular formula is C18H23N4O7PS. The number of para-hydroxylation sites is 1. The largest absolute Gasteiger partial charge is 0.468 e. The lowest BCUT2D eigenvalue weighted by Gasteiger charge is -2.23. The molecule has 1 aliphatic rings. The molecule has 1 saturated heterocycles. The number of ether oxygens (including phenoxy) is 2. The van der Waals surface area contributed by atoms with Crippen LogP contribution in [-0.4, -0.2) is 46.5 Å². The van der Waals surface area contributed by atoms with Crippen LogP contribution in [0.4, 0.5) is 5.82 Å². The summed E-state index contributed by atoms with van der Waals surface area (Å²) in [5.74, 6) is 0.252. The highest BCUT2D eigenvalue weighted by Gasteiger charge is 2.35. The minimum Gasteiger partial charge on any atom is -0.468 e. The van der Waals surface area contributed by atoms with Crippen LogP contribution < -0.4 is 21.0 Å². The normalized spacial score (nSPS) is 21.2. The van der Waals surface area contributed by atoms with Crippen LogP contribution in [0.1, 0.15) is 13.2 Å². The zero-order chi connectivity index (χ0) is 22.4. The second-order valence-corrected chi connectivity index (χ2v) is 9.35. The van der Waals surface area contributed by atoms with Crippen molar-refractivity contribution in [1.82, 2.24) is 14.6 Å². The highest BCUT2D eigenvalue weighted by molar-refractivity contribution is 8.00. The zero-order valence-corrected chi connectivity index (χ0v) is 18.6. The fraction of sp³-hybridized carbons (Fsp3) is 0.389. The van der Waals surface area contributed by atoms with E-state index in [1.165, 1.54) is 42.6 Å². The van der Waals surface area contributed by atoms with Crippen LogP contribution in [0.5, 0.6) is 5.75 Å². The Morgan fingerprint density at radius 1 is 1.42 bits per heavy atom. The van der Waals surface area contributed by atoms with Gasteiger partial charge in [0.25, 0.3) is 0 Å². The SMILES string of the molecule is COC(=O)C(C)NP(=O)(OC[C@H]1O[C@@H](n2ccc(N)nc2=O)CS1)Oc1ccccc1.